The summed E-state index contributed by atoms with van der Waals surface area (Å²) in [7, 11) is 0. The van der Waals surface area contributed by atoms with Crippen LogP contribution in [0.15, 0.2) is 75.8 Å². The molecular formula is C61H92N16O13S. The number of guanidine groups is 3. The first-order valence-electron chi connectivity index (χ1n) is 30.2. The van der Waals surface area contributed by atoms with Crippen molar-refractivity contribution in [1.29, 1.82) is 0 Å². The Morgan fingerprint density at radius 1 is 0.527 bits per heavy atom. The number of aliphatic carboxylic acids is 1. The molecular weight excluding hydrogens is 1200 g/mol. The van der Waals surface area contributed by atoms with E-state index >= 15 is 4.79 Å². The van der Waals surface area contributed by atoms with Gasteiger partial charge in [0.15, 0.2) is 41.0 Å². The lowest BCUT2D eigenvalue weighted by molar-refractivity contribution is -0.144. The molecule has 29 nitrogen and oxygen atoms in total. The van der Waals surface area contributed by atoms with E-state index in [4.69, 9.17) is 40.1 Å². The van der Waals surface area contributed by atoms with Gasteiger partial charge in [0.05, 0.1) is 30.1 Å². The molecule has 0 radical (unpaired) electrons. The number of aliphatic imine (C=N–C) groups is 3. The summed E-state index contributed by atoms with van der Waals surface area (Å²) in [5, 5.41) is 34.5. The maximum absolute atomic E-state index is 15.1. The third-order valence-corrected chi connectivity index (χ3v) is 15.5. The van der Waals surface area contributed by atoms with E-state index in [1.54, 1.807) is 74.6 Å². The standard InChI is InChI=1S/C61H92N16O13S/c1-33(2)52(58(89)90)76-55(86)38(16-11-23-70-60(65)66)28-50(83)53(34(3)78)77-57(88)41(32-91)30-48(81)45(20-21-51(62)84)74-56(87)39(26-40-31-72-43-18-9-8-17-42(40)43)29-49(82)46(25-36-13-6-5-7-14-36)75-54(85)37(15-10-22-69-59(63)64)27-47(80)44(73-35(4)79)19-12-24-71-61(67)68/h5-9,13-14,17-18,31,33-34,37-39,41,44-46,52-53,72,78,91H,10-12,15-16,19-30,32H2,1-4H3,(H2,62,84)(H,73,79)(H,74,87)(H,75,85)(H,76,86)(H,77,88)(H,89,90)(H4,63,64,69)(H4,65,66,70)(H4,67,68,71)/t34-,37-,38-,39-,41+,44+,45+,46+,52+,53+/m1/s1. The number of aliphatic hydroxyl groups excluding tert-OH is 1. The van der Waals surface area contributed by atoms with Crippen molar-refractivity contribution in [2.45, 2.75) is 154 Å². The molecule has 0 fully saturated rings. The highest BCUT2D eigenvalue weighted by atomic mass is 32.1. The molecule has 91 heavy (non-hydrogen) atoms. The second kappa shape index (κ2) is 39.3. The number of aromatic nitrogens is 1. The van der Waals surface area contributed by atoms with Crippen LogP contribution in [-0.4, -0.2) is 159 Å². The zero-order valence-electron chi connectivity index (χ0n) is 52.1. The third-order valence-electron chi connectivity index (χ3n) is 15.1. The Bertz CT molecular complexity index is 3050. The van der Waals surface area contributed by atoms with Crippen molar-refractivity contribution in [2.24, 2.45) is 84.7 Å². The van der Waals surface area contributed by atoms with Crippen LogP contribution in [0, 0.1) is 29.6 Å². The molecule has 22 N–H and O–H groups in total. The molecule has 1 heterocycles. The number of carboxylic acids is 1. The molecule has 0 aliphatic rings. The number of hydrogen-bond acceptors (Lipinski definition) is 16. The van der Waals surface area contributed by atoms with E-state index in [-0.39, 0.29) is 101 Å². The molecule has 3 aromatic rings. The zero-order valence-corrected chi connectivity index (χ0v) is 53.0. The van der Waals surface area contributed by atoms with E-state index < -0.39 is 156 Å². The molecule has 0 spiro atoms. The fourth-order valence-electron chi connectivity index (χ4n) is 10.2. The molecule has 1 aromatic heterocycles. The number of aliphatic hydroxyl groups is 1. The van der Waals surface area contributed by atoms with Gasteiger partial charge in [-0.2, -0.15) is 12.6 Å². The number of thiol groups is 1. The average Bonchev–Trinajstić information content (AvgIpc) is 1.80. The minimum atomic E-state index is -1.65. The number of H-pyrrole nitrogens is 1. The van der Waals surface area contributed by atoms with E-state index in [9.17, 15) is 58.2 Å². The Kier molecular flexibility index (Phi) is 32.9. The molecule has 0 bridgehead atoms. The summed E-state index contributed by atoms with van der Waals surface area (Å²) in [6.45, 7) is 5.94. The highest BCUT2D eigenvalue weighted by Gasteiger charge is 2.37. The van der Waals surface area contributed by atoms with Crippen molar-refractivity contribution in [2.75, 3.05) is 25.4 Å². The predicted octanol–water partition coefficient (Wildman–Crippen LogP) is -0.824. The number of nitrogens with two attached hydrogens (primary N) is 7. The van der Waals surface area contributed by atoms with E-state index in [0.29, 0.717) is 28.5 Å². The SMILES string of the molecule is CC(=O)N[C@@H](CCCN=C(N)N)C(=O)C[C@@H](CCCN=C(N)N)C(=O)N[C@@H](Cc1ccccc1)C(=O)C[C@@H](Cc1c[nH]c2ccccc12)C(=O)N[C@@H](CCC(N)=O)C(=O)C[C@@H](CS)C(=O)N[C@H](C(=O)C[C@@H](CCCN=C(N)N)C(=O)N[C@H](C(=O)O)C(C)C)[C@@H](C)O. The lowest BCUT2D eigenvalue weighted by Crippen LogP contribution is -2.52. The van der Waals surface area contributed by atoms with E-state index in [2.05, 4.69) is 59.2 Å². The molecule has 30 heteroatoms. The Morgan fingerprint density at radius 2 is 0.978 bits per heavy atom. The number of benzene rings is 2. The van der Waals surface area contributed by atoms with Gasteiger partial charge in [-0.1, -0.05) is 62.4 Å². The summed E-state index contributed by atoms with van der Waals surface area (Å²) in [5.41, 5.74) is 40.5. The van der Waals surface area contributed by atoms with Crippen molar-refractivity contribution in [1.82, 2.24) is 31.6 Å². The fraction of sp³-hybridized carbons (Fsp3) is 0.541. The fourth-order valence-corrected chi connectivity index (χ4v) is 10.5. The quantitative estimate of drug-likeness (QED) is 0.0142. The van der Waals surface area contributed by atoms with Crippen molar-refractivity contribution < 1.29 is 63.0 Å². The van der Waals surface area contributed by atoms with Gasteiger partial charge in [-0.15, -0.1) is 0 Å². The minimum Gasteiger partial charge on any atom is -0.480 e. The monoisotopic (exact) mass is 1290 g/mol. The van der Waals surface area contributed by atoms with Gasteiger partial charge < -0.3 is 81.9 Å². The molecule has 6 amide bonds. The van der Waals surface area contributed by atoms with Crippen LogP contribution in [0.4, 0.5) is 0 Å². The molecule has 10 atom stereocenters. The van der Waals surface area contributed by atoms with Crippen LogP contribution >= 0.6 is 12.6 Å². The second-order valence-electron chi connectivity index (χ2n) is 22.9. The molecule has 3 rings (SSSR count). The number of Topliss-reactive ketones (excluding diaryl/α,β-unsaturated/α-hetero) is 4. The number of aromatic amines is 1. The lowest BCUT2D eigenvalue weighted by atomic mass is 9.87. The van der Waals surface area contributed by atoms with Crippen LogP contribution in [0.25, 0.3) is 10.9 Å². The number of fused-ring (bicyclic) bond motifs is 1. The maximum atomic E-state index is 15.1. The van der Waals surface area contributed by atoms with Crippen molar-refractivity contribution in [3.05, 3.63) is 71.9 Å². The number of nitrogens with zero attached hydrogens (tertiary/aromatic N) is 3. The molecule has 2 aromatic carbocycles. The number of carboxylic acid groups (broad SMARTS) is 1. The summed E-state index contributed by atoms with van der Waals surface area (Å²) in [6, 6.07) is 9.08. The maximum Gasteiger partial charge on any atom is 0.326 e. The zero-order chi connectivity index (χ0) is 67.9. The number of primary amides is 1. The van der Waals surface area contributed by atoms with Gasteiger partial charge >= 0.3 is 5.97 Å². The van der Waals surface area contributed by atoms with Crippen molar-refractivity contribution in [3.8, 4) is 0 Å². The van der Waals surface area contributed by atoms with Gasteiger partial charge in [0.2, 0.25) is 35.4 Å². The molecule has 0 saturated carbocycles. The first kappa shape index (κ1) is 76.3. The Balaban J connectivity index is 2.03. The molecule has 0 aliphatic heterocycles. The normalized spacial score (nSPS) is 14.5. The van der Waals surface area contributed by atoms with Crippen LogP contribution in [0.3, 0.4) is 0 Å². The number of nitrogens with one attached hydrogen (secondary N) is 6. The van der Waals surface area contributed by atoms with Crippen molar-refractivity contribution in [3.63, 3.8) is 0 Å². The molecule has 0 unspecified atom stereocenters. The highest BCUT2D eigenvalue weighted by Crippen LogP contribution is 2.26. The van der Waals surface area contributed by atoms with Crippen LogP contribution in [0.2, 0.25) is 0 Å². The Labute approximate surface area is 534 Å². The largest absolute Gasteiger partial charge is 0.480 e. The van der Waals surface area contributed by atoms with Gasteiger partial charge in [-0.05, 0) is 87.8 Å². The predicted molar refractivity (Wildman–Crippen MR) is 346 cm³/mol. The number of hydrogen-bond donors (Lipinski definition) is 16. The van der Waals surface area contributed by atoms with Crippen LogP contribution in [0.1, 0.15) is 116 Å². The number of rotatable bonds is 44. The number of amides is 6. The van der Waals surface area contributed by atoms with Crippen LogP contribution in [-0.2, 0) is 65.6 Å². The van der Waals surface area contributed by atoms with E-state index in [1.807, 2.05) is 0 Å². The van der Waals surface area contributed by atoms with Gasteiger partial charge in [0.1, 0.15) is 12.1 Å². The summed E-state index contributed by atoms with van der Waals surface area (Å²) < 4.78 is 0. The smallest absolute Gasteiger partial charge is 0.326 e. The summed E-state index contributed by atoms with van der Waals surface area (Å²) >= 11 is 4.34. The summed E-state index contributed by atoms with van der Waals surface area (Å²) in [5.74, 6) is -14.9. The third kappa shape index (κ3) is 27.8. The summed E-state index contributed by atoms with van der Waals surface area (Å²) in [6.07, 6.45) is -2.08. The average molecular weight is 1290 g/mol. The van der Waals surface area contributed by atoms with Crippen LogP contribution < -0.4 is 66.7 Å². The Morgan fingerprint density at radius 3 is 1.49 bits per heavy atom. The topological polar surface area (TPSA) is 523 Å². The number of carbonyl (C=O) groups is 11. The Hall–Kier alpha value is -8.93. The number of para-hydroxylation sites is 1. The highest BCUT2D eigenvalue weighted by molar-refractivity contribution is 7.80. The lowest BCUT2D eigenvalue weighted by Gasteiger charge is -2.27. The van der Waals surface area contributed by atoms with E-state index in [1.165, 1.54) is 13.8 Å². The van der Waals surface area contributed by atoms with Gasteiger partial charge in [-0.25, -0.2) is 4.79 Å². The first-order chi connectivity index (χ1) is 43.0. The minimum absolute atomic E-state index is 0.00458. The van der Waals surface area contributed by atoms with Gasteiger partial charge in [0, 0.05) is 99.3 Å². The van der Waals surface area contributed by atoms with Gasteiger partial charge in [0.25, 0.3) is 0 Å². The first-order valence-corrected chi connectivity index (χ1v) is 30.8. The van der Waals surface area contributed by atoms with E-state index in [0.717, 1.165) is 0 Å². The number of carbonyl (C=O) groups excluding carboxylic acids is 10. The van der Waals surface area contributed by atoms with Crippen molar-refractivity contribution >= 4 is 106 Å². The number of ketones is 4. The molecule has 0 saturated heterocycles. The van der Waals surface area contributed by atoms with Crippen LogP contribution in [0.5, 0.6) is 0 Å². The second-order valence-corrected chi connectivity index (χ2v) is 23.3. The van der Waals surface area contributed by atoms with Gasteiger partial charge in [-0.3, -0.25) is 62.9 Å². The summed E-state index contributed by atoms with van der Waals surface area (Å²) in [4.78, 5) is 166. The molecule has 500 valence electrons. The molecule has 0 aliphatic carbocycles.